The van der Waals surface area contributed by atoms with Gasteiger partial charge in [-0.2, -0.15) is 9.97 Å². The maximum Gasteiger partial charge on any atom is 0.224 e. The SMILES string of the molecule is Nc1nc(NC2CC2)c2ncn([C@@H]3C=CC[C@@H](CO)C3)c2n1. The quantitative estimate of drug-likeness (QED) is 0.739. The Hall–Kier alpha value is -2.15. The van der Waals surface area contributed by atoms with Crippen molar-refractivity contribution in [1.29, 1.82) is 0 Å². The van der Waals surface area contributed by atoms with Crippen molar-refractivity contribution in [2.45, 2.75) is 37.8 Å². The predicted octanol–water partition coefficient (Wildman–Crippen LogP) is 1.48. The van der Waals surface area contributed by atoms with Crippen molar-refractivity contribution in [2.75, 3.05) is 17.7 Å². The average Bonchev–Trinajstić information content (AvgIpc) is 3.24. The second kappa shape index (κ2) is 5.24. The number of aromatic nitrogens is 4. The highest BCUT2D eigenvalue weighted by molar-refractivity contribution is 5.84. The fraction of sp³-hybridized carbons (Fsp3) is 0.533. The molecule has 0 aromatic carbocycles. The molecular weight excluding hydrogens is 280 g/mol. The van der Waals surface area contributed by atoms with Gasteiger partial charge in [0.25, 0.3) is 0 Å². The molecule has 0 amide bonds. The minimum Gasteiger partial charge on any atom is -0.396 e. The van der Waals surface area contributed by atoms with E-state index in [4.69, 9.17) is 5.73 Å². The third kappa shape index (κ3) is 2.41. The Morgan fingerprint density at radius 3 is 3.00 bits per heavy atom. The molecule has 0 bridgehead atoms. The van der Waals surface area contributed by atoms with Crippen LogP contribution in [0.1, 0.15) is 31.7 Å². The van der Waals surface area contributed by atoms with Gasteiger partial charge in [-0.1, -0.05) is 12.2 Å². The van der Waals surface area contributed by atoms with Crippen LogP contribution in [-0.2, 0) is 0 Å². The molecule has 2 aromatic heterocycles. The van der Waals surface area contributed by atoms with Crippen LogP contribution in [-0.4, -0.2) is 37.3 Å². The molecule has 0 spiro atoms. The second-order valence-corrected chi connectivity index (χ2v) is 6.19. The number of hydrogen-bond donors (Lipinski definition) is 3. The Kier molecular flexibility index (Phi) is 3.22. The fourth-order valence-electron chi connectivity index (χ4n) is 3.00. The summed E-state index contributed by atoms with van der Waals surface area (Å²) in [6, 6.07) is 0.634. The van der Waals surface area contributed by atoms with Crippen LogP contribution in [0.4, 0.5) is 11.8 Å². The molecule has 22 heavy (non-hydrogen) atoms. The van der Waals surface area contributed by atoms with Crippen molar-refractivity contribution in [3.05, 3.63) is 18.5 Å². The Morgan fingerprint density at radius 1 is 1.36 bits per heavy atom. The zero-order valence-electron chi connectivity index (χ0n) is 12.3. The van der Waals surface area contributed by atoms with Crippen molar-refractivity contribution >= 4 is 22.9 Å². The molecule has 7 nitrogen and oxygen atoms in total. The zero-order valence-corrected chi connectivity index (χ0v) is 12.3. The van der Waals surface area contributed by atoms with Gasteiger partial charge in [0.1, 0.15) is 0 Å². The molecule has 2 atom stereocenters. The largest absolute Gasteiger partial charge is 0.396 e. The number of nitrogens with two attached hydrogens (primary N) is 1. The third-order valence-corrected chi connectivity index (χ3v) is 4.37. The molecule has 4 N–H and O–H groups in total. The number of anilines is 2. The van der Waals surface area contributed by atoms with Crippen molar-refractivity contribution in [2.24, 2.45) is 5.92 Å². The number of nitrogens with one attached hydrogen (secondary N) is 1. The lowest BCUT2D eigenvalue weighted by Gasteiger charge is -2.24. The number of imidazole rings is 1. The van der Waals surface area contributed by atoms with Crippen molar-refractivity contribution in [3.8, 4) is 0 Å². The molecule has 116 valence electrons. The summed E-state index contributed by atoms with van der Waals surface area (Å²) in [5, 5.41) is 12.8. The predicted molar refractivity (Wildman–Crippen MR) is 84.4 cm³/mol. The number of rotatable bonds is 4. The minimum absolute atomic E-state index is 0.152. The molecule has 1 saturated carbocycles. The van der Waals surface area contributed by atoms with E-state index in [9.17, 15) is 5.11 Å². The molecule has 0 radical (unpaired) electrons. The van der Waals surface area contributed by atoms with Gasteiger partial charge in [0.05, 0.1) is 12.4 Å². The standard InChI is InChI=1S/C15H20N6O/c16-15-19-13(18-10-4-5-10)12-14(20-15)21(8-17-12)11-3-1-2-9(6-11)7-22/h1,3,8-11,22H,2,4-7H2,(H3,16,18,19,20)/t9-,11-/m1/s1. The Labute approximate surface area is 128 Å². The summed E-state index contributed by atoms with van der Waals surface area (Å²) in [6.07, 6.45) is 10.2. The van der Waals surface area contributed by atoms with E-state index in [1.54, 1.807) is 6.33 Å². The van der Waals surface area contributed by atoms with Gasteiger partial charge < -0.3 is 20.7 Å². The molecule has 0 aliphatic heterocycles. The number of fused-ring (bicyclic) bond motifs is 1. The first kappa shape index (κ1) is 13.5. The maximum atomic E-state index is 9.40. The van der Waals surface area contributed by atoms with E-state index in [2.05, 4.69) is 32.4 Å². The van der Waals surface area contributed by atoms with Gasteiger partial charge >= 0.3 is 0 Å². The van der Waals surface area contributed by atoms with E-state index in [1.165, 1.54) is 0 Å². The summed E-state index contributed by atoms with van der Waals surface area (Å²) in [6.45, 7) is 0.207. The van der Waals surface area contributed by atoms with Gasteiger partial charge in [-0.3, -0.25) is 0 Å². The van der Waals surface area contributed by atoms with Crippen molar-refractivity contribution in [1.82, 2.24) is 19.5 Å². The number of aliphatic hydroxyl groups is 1. The molecule has 4 rings (SSSR count). The van der Waals surface area contributed by atoms with Crippen molar-refractivity contribution in [3.63, 3.8) is 0 Å². The van der Waals surface area contributed by atoms with E-state index < -0.39 is 0 Å². The first-order valence-electron chi connectivity index (χ1n) is 7.78. The summed E-state index contributed by atoms with van der Waals surface area (Å²) in [5.74, 6) is 1.27. The summed E-state index contributed by atoms with van der Waals surface area (Å²) in [5.41, 5.74) is 7.39. The second-order valence-electron chi connectivity index (χ2n) is 6.19. The van der Waals surface area contributed by atoms with Crippen LogP contribution in [0.3, 0.4) is 0 Å². The number of nitrogen functional groups attached to an aromatic ring is 1. The van der Waals surface area contributed by atoms with E-state index in [1.807, 2.05) is 4.57 Å². The lowest BCUT2D eigenvalue weighted by molar-refractivity contribution is 0.204. The monoisotopic (exact) mass is 300 g/mol. The first-order valence-corrected chi connectivity index (χ1v) is 7.78. The van der Waals surface area contributed by atoms with E-state index >= 15 is 0 Å². The molecule has 7 heteroatoms. The lowest BCUT2D eigenvalue weighted by Crippen LogP contribution is -2.18. The van der Waals surface area contributed by atoms with Crippen LogP contribution in [0.15, 0.2) is 18.5 Å². The van der Waals surface area contributed by atoms with Crippen LogP contribution < -0.4 is 11.1 Å². The summed E-state index contributed by atoms with van der Waals surface area (Å²) in [4.78, 5) is 13.2. The number of aliphatic hydroxyl groups excluding tert-OH is 1. The fourth-order valence-corrected chi connectivity index (χ4v) is 3.00. The topological polar surface area (TPSA) is 102 Å². The van der Waals surface area contributed by atoms with Gasteiger partial charge in [0.15, 0.2) is 17.0 Å². The van der Waals surface area contributed by atoms with Gasteiger partial charge in [-0.15, -0.1) is 0 Å². The number of allylic oxidation sites excluding steroid dienone is 2. The van der Waals surface area contributed by atoms with Crippen LogP contribution in [0, 0.1) is 5.92 Å². The average molecular weight is 300 g/mol. The van der Waals surface area contributed by atoms with E-state index in [-0.39, 0.29) is 24.5 Å². The third-order valence-electron chi connectivity index (χ3n) is 4.37. The molecule has 0 saturated heterocycles. The number of nitrogens with zero attached hydrogens (tertiary/aromatic N) is 4. The van der Waals surface area contributed by atoms with Gasteiger partial charge in [-0.25, -0.2) is 4.98 Å². The molecule has 2 aliphatic carbocycles. The van der Waals surface area contributed by atoms with E-state index in [0.29, 0.717) is 6.04 Å². The van der Waals surface area contributed by atoms with Crippen LogP contribution >= 0.6 is 0 Å². The number of hydrogen-bond acceptors (Lipinski definition) is 6. The smallest absolute Gasteiger partial charge is 0.224 e. The Morgan fingerprint density at radius 2 is 2.23 bits per heavy atom. The Balaban J connectivity index is 1.74. The molecule has 1 fully saturated rings. The van der Waals surface area contributed by atoms with Crippen LogP contribution in [0.2, 0.25) is 0 Å². The normalized spacial score (nSPS) is 24.8. The molecular formula is C15H20N6O. The van der Waals surface area contributed by atoms with Gasteiger partial charge in [0.2, 0.25) is 5.95 Å². The highest BCUT2D eigenvalue weighted by atomic mass is 16.3. The maximum absolute atomic E-state index is 9.40. The van der Waals surface area contributed by atoms with Crippen molar-refractivity contribution < 1.29 is 5.11 Å². The molecule has 2 heterocycles. The van der Waals surface area contributed by atoms with E-state index in [0.717, 1.165) is 42.7 Å². The summed E-state index contributed by atoms with van der Waals surface area (Å²) >= 11 is 0. The van der Waals surface area contributed by atoms with Gasteiger partial charge in [0, 0.05) is 12.6 Å². The van der Waals surface area contributed by atoms with Crippen LogP contribution in [0.5, 0.6) is 0 Å². The lowest BCUT2D eigenvalue weighted by atomic mass is 9.91. The van der Waals surface area contributed by atoms with Gasteiger partial charge in [-0.05, 0) is 31.6 Å². The zero-order chi connectivity index (χ0) is 15.1. The summed E-state index contributed by atoms with van der Waals surface area (Å²) in [7, 11) is 0. The van der Waals surface area contributed by atoms with Crippen LogP contribution in [0.25, 0.3) is 11.2 Å². The first-order chi connectivity index (χ1) is 10.7. The molecule has 2 aromatic rings. The summed E-state index contributed by atoms with van der Waals surface area (Å²) < 4.78 is 2.03. The highest BCUT2D eigenvalue weighted by Gasteiger charge is 2.25. The minimum atomic E-state index is 0.152. The Bertz CT molecular complexity index is 720. The molecule has 0 unspecified atom stereocenters. The molecule has 2 aliphatic rings. The highest BCUT2D eigenvalue weighted by Crippen LogP contribution is 2.32.